The van der Waals surface area contributed by atoms with Gasteiger partial charge in [0.1, 0.15) is 0 Å². The standard InChI is InChI=1S/C15H27N3O/c1-12(2)18-9-6-14(17-18)10-16-11-15(19)7-4-13(3)5-8-15/h6,9,12-13,16,19H,4-5,7-8,10-11H2,1-3H3. The number of aliphatic hydroxyl groups is 1. The van der Waals surface area contributed by atoms with Crippen LogP contribution in [0.4, 0.5) is 0 Å². The van der Waals surface area contributed by atoms with Crippen LogP contribution in [0.15, 0.2) is 12.3 Å². The maximum atomic E-state index is 10.5. The van der Waals surface area contributed by atoms with Gasteiger partial charge in [-0.1, -0.05) is 6.92 Å². The molecule has 1 aliphatic rings. The molecule has 1 aliphatic carbocycles. The molecule has 0 spiro atoms. The van der Waals surface area contributed by atoms with Crippen molar-refractivity contribution in [2.24, 2.45) is 5.92 Å². The van der Waals surface area contributed by atoms with Crippen LogP contribution in [0.1, 0.15) is 58.2 Å². The largest absolute Gasteiger partial charge is 0.389 e. The fourth-order valence-electron chi connectivity index (χ4n) is 2.66. The zero-order valence-electron chi connectivity index (χ0n) is 12.4. The van der Waals surface area contributed by atoms with Crippen LogP contribution in [0, 0.1) is 5.92 Å². The predicted molar refractivity (Wildman–Crippen MR) is 76.9 cm³/mol. The topological polar surface area (TPSA) is 50.1 Å². The van der Waals surface area contributed by atoms with Crippen molar-refractivity contribution in [2.75, 3.05) is 6.54 Å². The van der Waals surface area contributed by atoms with Crippen molar-refractivity contribution in [1.82, 2.24) is 15.1 Å². The van der Waals surface area contributed by atoms with E-state index in [9.17, 15) is 5.11 Å². The van der Waals surface area contributed by atoms with Gasteiger partial charge in [-0.2, -0.15) is 5.10 Å². The summed E-state index contributed by atoms with van der Waals surface area (Å²) in [5.74, 6) is 0.766. The molecule has 1 saturated carbocycles. The Morgan fingerprint density at radius 3 is 2.74 bits per heavy atom. The minimum absolute atomic E-state index is 0.401. The summed E-state index contributed by atoms with van der Waals surface area (Å²) in [6, 6.07) is 2.44. The molecule has 4 nitrogen and oxygen atoms in total. The highest BCUT2D eigenvalue weighted by atomic mass is 16.3. The number of nitrogens with one attached hydrogen (secondary N) is 1. The van der Waals surface area contributed by atoms with Crippen LogP contribution in [0.5, 0.6) is 0 Å². The summed E-state index contributed by atoms with van der Waals surface area (Å²) >= 11 is 0. The van der Waals surface area contributed by atoms with E-state index in [1.165, 1.54) is 0 Å². The van der Waals surface area contributed by atoms with Gasteiger partial charge in [-0.05, 0) is 51.5 Å². The lowest BCUT2D eigenvalue weighted by atomic mass is 9.79. The maximum Gasteiger partial charge on any atom is 0.0771 e. The average Bonchev–Trinajstić information content (AvgIpc) is 2.82. The predicted octanol–water partition coefficient (Wildman–Crippen LogP) is 2.49. The summed E-state index contributed by atoms with van der Waals surface area (Å²) in [7, 11) is 0. The van der Waals surface area contributed by atoms with Gasteiger partial charge in [-0.15, -0.1) is 0 Å². The highest BCUT2D eigenvalue weighted by Crippen LogP contribution is 2.31. The van der Waals surface area contributed by atoms with Crippen molar-refractivity contribution in [3.05, 3.63) is 18.0 Å². The third-order valence-corrected chi connectivity index (χ3v) is 4.16. The monoisotopic (exact) mass is 265 g/mol. The Balaban J connectivity index is 1.76. The Hall–Kier alpha value is -0.870. The third kappa shape index (κ3) is 4.05. The van der Waals surface area contributed by atoms with Gasteiger partial charge in [0.05, 0.1) is 11.3 Å². The van der Waals surface area contributed by atoms with Crippen molar-refractivity contribution >= 4 is 0 Å². The zero-order valence-corrected chi connectivity index (χ0v) is 12.4. The Bertz CT molecular complexity index is 392. The molecule has 1 aromatic rings. The molecule has 0 saturated heterocycles. The lowest BCUT2D eigenvalue weighted by Gasteiger charge is -2.35. The van der Waals surface area contributed by atoms with E-state index in [1.54, 1.807) is 0 Å². The van der Waals surface area contributed by atoms with Crippen molar-refractivity contribution in [3.8, 4) is 0 Å². The molecule has 1 aromatic heterocycles. The summed E-state index contributed by atoms with van der Waals surface area (Å²) in [5.41, 5.74) is 0.536. The van der Waals surface area contributed by atoms with Gasteiger partial charge in [-0.3, -0.25) is 4.68 Å². The lowest BCUT2D eigenvalue weighted by molar-refractivity contribution is -0.00636. The van der Waals surface area contributed by atoms with E-state index in [1.807, 2.05) is 16.9 Å². The Morgan fingerprint density at radius 2 is 2.16 bits per heavy atom. The summed E-state index contributed by atoms with van der Waals surface area (Å²) in [4.78, 5) is 0. The van der Waals surface area contributed by atoms with Gasteiger partial charge in [0.15, 0.2) is 0 Å². The molecular formula is C15H27N3O. The van der Waals surface area contributed by atoms with Gasteiger partial charge in [0, 0.05) is 25.3 Å². The van der Waals surface area contributed by atoms with Crippen molar-refractivity contribution in [3.63, 3.8) is 0 Å². The minimum Gasteiger partial charge on any atom is -0.389 e. The fourth-order valence-corrected chi connectivity index (χ4v) is 2.66. The van der Waals surface area contributed by atoms with Gasteiger partial charge in [-0.25, -0.2) is 0 Å². The van der Waals surface area contributed by atoms with Crippen LogP contribution in [-0.4, -0.2) is 27.0 Å². The summed E-state index contributed by atoms with van der Waals surface area (Å²) in [6.07, 6.45) is 6.13. The molecule has 0 bridgehead atoms. The van der Waals surface area contributed by atoms with Crippen LogP contribution < -0.4 is 5.32 Å². The van der Waals surface area contributed by atoms with Crippen molar-refractivity contribution < 1.29 is 5.11 Å². The second kappa shape index (κ2) is 6.06. The lowest BCUT2D eigenvalue weighted by Crippen LogP contribution is -2.43. The molecule has 1 fully saturated rings. The van der Waals surface area contributed by atoms with Crippen LogP contribution in [0.3, 0.4) is 0 Å². The van der Waals surface area contributed by atoms with E-state index in [4.69, 9.17) is 0 Å². The van der Waals surface area contributed by atoms with Crippen LogP contribution >= 0.6 is 0 Å². The second-order valence-corrected chi connectivity index (χ2v) is 6.39. The van der Waals surface area contributed by atoms with E-state index >= 15 is 0 Å². The summed E-state index contributed by atoms with van der Waals surface area (Å²) in [5, 5.41) is 18.3. The molecule has 19 heavy (non-hydrogen) atoms. The number of aromatic nitrogens is 2. The van der Waals surface area contributed by atoms with Gasteiger partial charge >= 0.3 is 0 Å². The average molecular weight is 265 g/mol. The van der Waals surface area contributed by atoms with Gasteiger partial charge in [0.25, 0.3) is 0 Å². The quantitative estimate of drug-likeness (QED) is 0.860. The third-order valence-electron chi connectivity index (χ3n) is 4.16. The van der Waals surface area contributed by atoms with Crippen molar-refractivity contribution in [2.45, 2.75) is 64.6 Å². The molecule has 0 amide bonds. The Labute approximate surface area is 116 Å². The molecule has 108 valence electrons. The molecule has 0 atom stereocenters. The van der Waals surface area contributed by atoms with E-state index in [0.29, 0.717) is 12.6 Å². The van der Waals surface area contributed by atoms with Crippen LogP contribution in [0.25, 0.3) is 0 Å². The molecule has 0 aromatic carbocycles. The second-order valence-electron chi connectivity index (χ2n) is 6.39. The van der Waals surface area contributed by atoms with E-state index in [0.717, 1.165) is 43.8 Å². The number of hydrogen-bond acceptors (Lipinski definition) is 3. The molecule has 0 unspecified atom stereocenters. The molecule has 0 radical (unpaired) electrons. The maximum absolute atomic E-state index is 10.5. The van der Waals surface area contributed by atoms with E-state index in [-0.39, 0.29) is 0 Å². The van der Waals surface area contributed by atoms with Crippen LogP contribution in [-0.2, 0) is 6.54 Å². The Morgan fingerprint density at radius 1 is 1.47 bits per heavy atom. The first-order valence-electron chi connectivity index (χ1n) is 7.46. The molecule has 2 N–H and O–H groups in total. The Kier molecular flexibility index (Phi) is 4.63. The first-order chi connectivity index (χ1) is 8.98. The first kappa shape index (κ1) is 14.5. The summed E-state index contributed by atoms with van der Waals surface area (Å²) < 4.78 is 1.97. The van der Waals surface area contributed by atoms with Gasteiger partial charge in [0.2, 0.25) is 0 Å². The number of hydrogen-bond donors (Lipinski definition) is 2. The number of nitrogens with zero attached hydrogens (tertiary/aromatic N) is 2. The smallest absolute Gasteiger partial charge is 0.0771 e. The zero-order chi connectivity index (χ0) is 13.9. The highest BCUT2D eigenvalue weighted by molar-refractivity contribution is 4.99. The van der Waals surface area contributed by atoms with E-state index < -0.39 is 5.60 Å². The fraction of sp³-hybridized carbons (Fsp3) is 0.800. The highest BCUT2D eigenvalue weighted by Gasteiger charge is 2.31. The SMILES string of the molecule is CC1CCC(O)(CNCc2ccn(C(C)C)n2)CC1. The number of rotatable bonds is 5. The molecule has 0 aliphatic heterocycles. The van der Waals surface area contributed by atoms with E-state index in [2.05, 4.69) is 31.2 Å². The summed E-state index contributed by atoms with van der Waals surface area (Å²) in [6.45, 7) is 7.92. The molecule has 1 heterocycles. The van der Waals surface area contributed by atoms with Crippen molar-refractivity contribution in [1.29, 1.82) is 0 Å². The first-order valence-corrected chi connectivity index (χ1v) is 7.46. The normalized spacial score (nSPS) is 27.9. The molecule has 2 rings (SSSR count). The molecule has 4 heteroatoms. The minimum atomic E-state index is -0.507. The van der Waals surface area contributed by atoms with Crippen LogP contribution in [0.2, 0.25) is 0 Å². The molecular weight excluding hydrogens is 238 g/mol. The van der Waals surface area contributed by atoms with Gasteiger partial charge < -0.3 is 10.4 Å².